The van der Waals surface area contributed by atoms with Crippen molar-refractivity contribution in [3.63, 3.8) is 0 Å². The van der Waals surface area contributed by atoms with Gasteiger partial charge in [0.15, 0.2) is 0 Å². The first-order chi connectivity index (χ1) is 15.7. The molecule has 0 radical (unpaired) electrons. The number of benzene rings is 3. The van der Waals surface area contributed by atoms with E-state index >= 15 is 0 Å². The quantitative estimate of drug-likeness (QED) is 0.385. The third kappa shape index (κ3) is 5.00. The van der Waals surface area contributed by atoms with Gasteiger partial charge in [0.1, 0.15) is 11.5 Å². The van der Waals surface area contributed by atoms with Crippen LogP contribution in [0.2, 0.25) is 0 Å². The lowest BCUT2D eigenvalue weighted by Crippen LogP contribution is -2.18. The van der Waals surface area contributed by atoms with Crippen molar-refractivity contribution in [2.45, 2.75) is 12.9 Å². The number of halogens is 3. The van der Waals surface area contributed by atoms with Crippen LogP contribution in [0.3, 0.4) is 0 Å². The number of anilines is 2. The average Bonchev–Trinajstić information content (AvgIpc) is 3.10. The monoisotopic (exact) mass is 457 g/mol. The Morgan fingerprint density at radius 2 is 1.82 bits per heavy atom. The van der Waals surface area contributed by atoms with Gasteiger partial charge in [0.2, 0.25) is 5.95 Å². The molecule has 0 fully saturated rings. The van der Waals surface area contributed by atoms with Crippen LogP contribution in [0.25, 0.3) is 11.0 Å². The molecule has 2 N–H and O–H groups in total. The maximum Gasteiger partial charge on any atom is 0.573 e. The number of hydrogen-bond acceptors (Lipinski definition) is 5. The minimum absolute atomic E-state index is 0.00629. The van der Waals surface area contributed by atoms with E-state index in [-0.39, 0.29) is 23.4 Å². The first-order valence-corrected chi connectivity index (χ1v) is 9.72. The molecule has 1 aromatic heterocycles. The largest absolute Gasteiger partial charge is 0.573 e. The Bertz CT molecular complexity index is 1300. The molecule has 3 aromatic carbocycles. The molecule has 7 nitrogen and oxygen atoms in total. The number of alkyl halides is 3. The van der Waals surface area contributed by atoms with Crippen LogP contribution in [0, 0.1) is 0 Å². The zero-order valence-corrected chi connectivity index (χ0v) is 17.3. The number of imidazole rings is 1. The summed E-state index contributed by atoms with van der Waals surface area (Å²) in [5, 5.41) is 12.4. The number of nitrogens with zero attached hydrogens (tertiary/aromatic N) is 2. The van der Waals surface area contributed by atoms with Crippen molar-refractivity contribution < 1.29 is 32.5 Å². The predicted molar refractivity (Wildman–Crippen MR) is 115 cm³/mol. The van der Waals surface area contributed by atoms with E-state index in [1.165, 1.54) is 30.3 Å². The molecule has 0 amide bonds. The van der Waals surface area contributed by atoms with Gasteiger partial charge in [-0.1, -0.05) is 18.2 Å². The molecule has 0 bridgehead atoms. The number of aromatic carboxylic acids is 1. The summed E-state index contributed by atoms with van der Waals surface area (Å²) in [6.45, 7) is -0.00629. The number of fused-ring (bicyclic) bond motifs is 1. The van der Waals surface area contributed by atoms with Gasteiger partial charge in [-0.25, -0.2) is 9.78 Å². The van der Waals surface area contributed by atoms with E-state index in [2.05, 4.69) is 15.0 Å². The molecule has 0 saturated heterocycles. The lowest BCUT2D eigenvalue weighted by atomic mass is 10.2. The van der Waals surface area contributed by atoms with Crippen molar-refractivity contribution in [3.05, 3.63) is 77.9 Å². The van der Waals surface area contributed by atoms with E-state index in [1.54, 1.807) is 48.1 Å². The van der Waals surface area contributed by atoms with Gasteiger partial charge in [-0.05, 0) is 48.5 Å². The van der Waals surface area contributed by atoms with Gasteiger partial charge in [0.05, 0.1) is 30.3 Å². The van der Waals surface area contributed by atoms with Gasteiger partial charge in [0, 0.05) is 11.3 Å². The van der Waals surface area contributed by atoms with Crippen molar-refractivity contribution in [3.8, 4) is 11.5 Å². The maximum atomic E-state index is 12.9. The molecule has 4 aromatic rings. The third-order valence-corrected chi connectivity index (χ3v) is 4.87. The Kier molecular flexibility index (Phi) is 5.82. The van der Waals surface area contributed by atoms with E-state index in [4.69, 9.17) is 4.74 Å². The molecule has 170 valence electrons. The van der Waals surface area contributed by atoms with Crippen LogP contribution in [0.5, 0.6) is 11.5 Å². The summed E-state index contributed by atoms with van der Waals surface area (Å²) in [5.41, 5.74) is 1.89. The molecule has 4 rings (SSSR count). The number of nitrogens with one attached hydrogen (secondary N) is 1. The summed E-state index contributed by atoms with van der Waals surface area (Å²) in [5.74, 6) is -0.470. The van der Waals surface area contributed by atoms with Gasteiger partial charge >= 0.3 is 12.3 Å². The number of aromatic nitrogens is 2. The summed E-state index contributed by atoms with van der Waals surface area (Å²) >= 11 is 0. The molecule has 0 saturated carbocycles. The highest BCUT2D eigenvalue weighted by atomic mass is 19.4. The summed E-state index contributed by atoms with van der Waals surface area (Å²) in [7, 11) is 1.54. The SMILES string of the molecule is COc1ccc(Nc2nc3cc(C(=O)O)ccc3n2Cc2ccccc2OC(F)(F)F)cc1. The fourth-order valence-electron chi connectivity index (χ4n) is 3.35. The smallest absolute Gasteiger partial charge is 0.497 e. The number of carboxylic acids is 1. The second kappa shape index (κ2) is 8.73. The molecule has 0 aliphatic rings. The molecular weight excluding hydrogens is 439 g/mol. The van der Waals surface area contributed by atoms with E-state index in [9.17, 15) is 23.1 Å². The van der Waals surface area contributed by atoms with Crippen LogP contribution >= 0.6 is 0 Å². The highest BCUT2D eigenvalue weighted by Crippen LogP contribution is 2.30. The van der Waals surface area contributed by atoms with Gasteiger partial charge in [-0.3, -0.25) is 0 Å². The molecule has 0 unspecified atom stereocenters. The molecule has 33 heavy (non-hydrogen) atoms. The second-order valence-electron chi connectivity index (χ2n) is 7.04. The molecule has 0 aliphatic heterocycles. The average molecular weight is 457 g/mol. The van der Waals surface area contributed by atoms with Crippen molar-refractivity contribution in [1.29, 1.82) is 0 Å². The Hall–Kier alpha value is -4.21. The summed E-state index contributed by atoms with van der Waals surface area (Å²) in [6, 6.07) is 17.2. The lowest BCUT2D eigenvalue weighted by molar-refractivity contribution is -0.274. The zero-order chi connectivity index (χ0) is 23.6. The van der Waals surface area contributed by atoms with Gasteiger partial charge < -0.3 is 24.5 Å². The fourth-order valence-corrected chi connectivity index (χ4v) is 3.35. The highest BCUT2D eigenvalue weighted by Gasteiger charge is 2.32. The lowest BCUT2D eigenvalue weighted by Gasteiger charge is -2.16. The first-order valence-electron chi connectivity index (χ1n) is 9.72. The number of methoxy groups -OCH3 is 1. The second-order valence-corrected chi connectivity index (χ2v) is 7.04. The normalized spacial score (nSPS) is 11.4. The summed E-state index contributed by atoms with van der Waals surface area (Å²) in [4.78, 5) is 15.9. The van der Waals surface area contributed by atoms with Crippen LogP contribution < -0.4 is 14.8 Å². The van der Waals surface area contributed by atoms with E-state index < -0.39 is 12.3 Å². The van der Waals surface area contributed by atoms with Gasteiger partial charge in [-0.15, -0.1) is 13.2 Å². The van der Waals surface area contributed by atoms with Crippen LogP contribution in [-0.2, 0) is 6.54 Å². The molecule has 0 spiro atoms. The Balaban J connectivity index is 1.78. The molecular formula is C23H18F3N3O4. The molecule has 0 atom stereocenters. The number of rotatable bonds is 7. The standard InChI is InChI=1S/C23H18F3N3O4/c1-32-17-9-7-16(8-10-17)27-22-28-18-12-14(21(30)31)6-11-19(18)29(22)13-15-4-2-3-5-20(15)33-23(24,25)26/h2-12H,13H2,1H3,(H,27,28)(H,30,31). The van der Waals surface area contributed by atoms with E-state index in [1.807, 2.05) is 0 Å². The Labute approximate surface area is 186 Å². The number of hydrogen-bond donors (Lipinski definition) is 2. The maximum absolute atomic E-state index is 12.9. The van der Waals surface area contributed by atoms with Crippen LogP contribution in [0.4, 0.5) is 24.8 Å². The minimum Gasteiger partial charge on any atom is -0.497 e. The minimum atomic E-state index is -4.84. The van der Waals surface area contributed by atoms with E-state index in [0.29, 0.717) is 28.4 Å². The van der Waals surface area contributed by atoms with Crippen molar-refractivity contribution in [1.82, 2.24) is 9.55 Å². The summed E-state index contributed by atoms with van der Waals surface area (Å²) in [6.07, 6.45) is -4.84. The number of para-hydroxylation sites is 1. The number of ether oxygens (including phenoxy) is 2. The van der Waals surface area contributed by atoms with E-state index in [0.717, 1.165) is 0 Å². The molecule has 1 heterocycles. The Morgan fingerprint density at radius 1 is 1.09 bits per heavy atom. The van der Waals surface area contributed by atoms with Crippen molar-refractivity contribution in [2.24, 2.45) is 0 Å². The van der Waals surface area contributed by atoms with Crippen LogP contribution in [0.1, 0.15) is 15.9 Å². The fraction of sp³-hybridized carbons (Fsp3) is 0.130. The third-order valence-electron chi connectivity index (χ3n) is 4.87. The molecule has 10 heteroatoms. The van der Waals surface area contributed by atoms with Gasteiger partial charge in [0.25, 0.3) is 0 Å². The number of carboxylic acid groups (broad SMARTS) is 1. The first kappa shape index (κ1) is 22.0. The van der Waals surface area contributed by atoms with Crippen molar-refractivity contribution >= 4 is 28.6 Å². The van der Waals surface area contributed by atoms with Crippen molar-refractivity contribution in [2.75, 3.05) is 12.4 Å². The highest BCUT2D eigenvalue weighted by molar-refractivity contribution is 5.93. The predicted octanol–water partition coefficient (Wildman–Crippen LogP) is 5.43. The topological polar surface area (TPSA) is 85.6 Å². The summed E-state index contributed by atoms with van der Waals surface area (Å²) < 4.78 is 49.6. The van der Waals surface area contributed by atoms with Gasteiger partial charge in [-0.2, -0.15) is 0 Å². The van der Waals surface area contributed by atoms with Crippen LogP contribution in [0.15, 0.2) is 66.7 Å². The Morgan fingerprint density at radius 3 is 2.48 bits per heavy atom. The number of carbonyl (C=O) groups is 1. The molecule has 0 aliphatic carbocycles. The van der Waals surface area contributed by atoms with Crippen LogP contribution in [-0.4, -0.2) is 34.1 Å². The zero-order valence-electron chi connectivity index (χ0n) is 17.3.